The van der Waals surface area contributed by atoms with Crippen molar-refractivity contribution in [3.8, 4) is 0 Å². The van der Waals surface area contributed by atoms with E-state index in [1.807, 2.05) is 0 Å². The highest BCUT2D eigenvalue weighted by atomic mass is 32.2. The summed E-state index contributed by atoms with van der Waals surface area (Å²) < 4.78 is 67.9. The molecule has 1 N–H and O–H groups in total. The maximum atomic E-state index is 13.7. The number of nitrogens with zero attached hydrogens (tertiary/aromatic N) is 2. The molecule has 1 aromatic carbocycles. The molecule has 1 amide bonds. The summed E-state index contributed by atoms with van der Waals surface area (Å²) in [6.07, 6.45) is -3.08. The molecule has 26 heavy (non-hydrogen) atoms. The summed E-state index contributed by atoms with van der Waals surface area (Å²) in [5.41, 5.74) is -1.29. The molecule has 3 rings (SSSR count). The van der Waals surface area contributed by atoms with E-state index in [9.17, 15) is 31.5 Å². The van der Waals surface area contributed by atoms with Crippen LogP contribution in [0.2, 0.25) is 0 Å². The second-order valence-corrected chi connectivity index (χ2v) is 8.24. The SMILES string of the molecule is O=C1CC=c2c(C(F)(F)F)c(S(=O)(=O)N3CCCC(CO)C3)ccc2=N1. The molecule has 1 unspecified atom stereocenters. The van der Waals surface area contributed by atoms with E-state index in [2.05, 4.69) is 4.99 Å². The van der Waals surface area contributed by atoms with Gasteiger partial charge in [0.15, 0.2) is 0 Å². The first-order valence-electron chi connectivity index (χ1n) is 8.07. The predicted molar refractivity (Wildman–Crippen MR) is 84.9 cm³/mol. The average Bonchev–Trinajstić information content (AvgIpc) is 2.59. The molecule has 10 heteroatoms. The number of carbonyl (C=O) groups excluding carboxylic acids is 1. The molecule has 1 saturated heterocycles. The monoisotopic (exact) mass is 390 g/mol. The first-order valence-corrected chi connectivity index (χ1v) is 9.51. The third-order valence-corrected chi connectivity index (χ3v) is 6.46. The second kappa shape index (κ2) is 6.75. The fraction of sp³-hybridized carbons (Fsp3) is 0.500. The zero-order valence-electron chi connectivity index (χ0n) is 13.7. The Balaban J connectivity index is 2.20. The van der Waals surface area contributed by atoms with Crippen LogP contribution >= 0.6 is 0 Å². The number of carbonyl (C=O) groups is 1. The van der Waals surface area contributed by atoms with Gasteiger partial charge in [0.25, 0.3) is 0 Å². The molecule has 0 radical (unpaired) electrons. The van der Waals surface area contributed by atoms with Crippen LogP contribution in [0.25, 0.3) is 6.08 Å². The fourth-order valence-electron chi connectivity index (χ4n) is 3.30. The van der Waals surface area contributed by atoms with Crippen molar-refractivity contribution in [3.05, 3.63) is 28.3 Å². The van der Waals surface area contributed by atoms with E-state index in [1.165, 1.54) is 0 Å². The normalized spacial score (nSPS) is 21.7. The smallest absolute Gasteiger partial charge is 0.396 e. The van der Waals surface area contributed by atoms with E-state index in [0.717, 1.165) is 22.5 Å². The zero-order valence-corrected chi connectivity index (χ0v) is 14.5. The van der Waals surface area contributed by atoms with Crippen LogP contribution in [0.3, 0.4) is 0 Å². The van der Waals surface area contributed by atoms with Gasteiger partial charge in [0.05, 0.1) is 15.8 Å². The van der Waals surface area contributed by atoms with E-state index in [0.29, 0.717) is 12.8 Å². The highest BCUT2D eigenvalue weighted by molar-refractivity contribution is 7.89. The summed E-state index contributed by atoms with van der Waals surface area (Å²) >= 11 is 0. The zero-order chi connectivity index (χ0) is 19.1. The first-order chi connectivity index (χ1) is 12.1. The lowest BCUT2D eigenvalue weighted by Crippen LogP contribution is -2.44. The third kappa shape index (κ3) is 3.40. The minimum Gasteiger partial charge on any atom is -0.396 e. The van der Waals surface area contributed by atoms with Crippen LogP contribution < -0.4 is 10.6 Å². The second-order valence-electron chi connectivity index (χ2n) is 6.34. The van der Waals surface area contributed by atoms with Gasteiger partial charge in [-0.2, -0.15) is 17.5 Å². The number of alkyl halides is 3. The standard InChI is InChI=1S/C16H17F3N2O4S/c17-16(18,19)15-11-3-6-14(23)20-12(11)4-5-13(15)26(24,25)21-7-1-2-10(8-21)9-22/h3-5,10,22H,1-2,6-9H2. The van der Waals surface area contributed by atoms with E-state index < -0.39 is 32.6 Å². The lowest BCUT2D eigenvalue weighted by atomic mass is 10.0. The first kappa shape index (κ1) is 19.0. The van der Waals surface area contributed by atoms with Gasteiger partial charge in [0, 0.05) is 31.3 Å². The lowest BCUT2D eigenvalue weighted by molar-refractivity contribution is -0.141. The van der Waals surface area contributed by atoms with E-state index in [-0.39, 0.29) is 42.6 Å². The molecule has 1 fully saturated rings. The number of rotatable bonds is 3. The largest absolute Gasteiger partial charge is 0.418 e. The van der Waals surface area contributed by atoms with Crippen molar-refractivity contribution in [3.63, 3.8) is 0 Å². The molecule has 2 aliphatic heterocycles. The molecule has 1 atom stereocenters. The van der Waals surface area contributed by atoms with Gasteiger partial charge in [0.1, 0.15) is 0 Å². The van der Waals surface area contributed by atoms with E-state index >= 15 is 0 Å². The van der Waals surface area contributed by atoms with Gasteiger partial charge in [-0.25, -0.2) is 13.4 Å². The maximum absolute atomic E-state index is 13.7. The number of benzene rings is 1. The number of aliphatic hydroxyl groups is 1. The number of hydrogen-bond donors (Lipinski definition) is 1. The maximum Gasteiger partial charge on any atom is 0.418 e. The van der Waals surface area contributed by atoms with Gasteiger partial charge >= 0.3 is 6.18 Å². The quantitative estimate of drug-likeness (QED) is 0.811. The molecule has 1 aromatic rings. The van der Waals surface area contributed by atoms with E-state index in [4.69, 9.17) is 0 Å². The Morgan fingerprint density at radius 2 is 2.04 bits per heavy atom. The molecule has 6 nitrogen and oxygen atoms in total. The highest BCUT2D eigenvalue weighted by Gasteiger charge is 2.41. The molecule has 0 bridgehead atoms. The van der Waals surface area contributed by atoms with Gasteiger partial charge in [-0.15, -0.1) is 0 Å². The third-order valence-electron chi connectivity index (χ3n) is 4.55. The number of hydrogen-bond acceptors (Lipinski definition) is 4. The van der Waals surface area contributed by atoms with Crippen molar-refractivity contribution in [2.75, 3.05) is 19.7 Å². The number of fused-ring (bicyclic) bond motifs is 1. The number of piperidine rings is 1. The van der Waals surface area contributed by atoms with Crippen LogP contribution in [-0.2, 0) is 21.0 Å². The number of aliphatic hydroxyl groups excluding tert-OH is 1. The molecule has 0 aliphatic carbocycles. The van der Waals surface area contributed by atoms with Crippen molar-refractivity contribution >= 4 is 22.0 Å². The Morgan fingerprint density at radius 3 is 2.69 bits per heavy atom. The average molecular weight is 390 g/mol. The molecular formula is C16H17F3N2O4S. The minimum absolute atomic E-state index is 0.0280. The van der Waals surface area contributed by atoms with Crippen molar-refractivity contribution in [1.29, 1.82) is 0 Å². The van der Waals surface area contributed by atoms with Crippen molar-refractivity contribution in [2.24, 2.45) is 10.9 Å². The predicted octanol–water partition coefficient (Wildman–Crippen LogP) is 0.429. The van der Waals surface area contributed by atoms with Crippen molar-refractivity contribution < 1.29 is 31.5 Å². The Hall–Kier alpha value is -1.78. The molecule has 0 saturated carbocycles. The Labute approximate surface area is 147 Å². The molecule has 0 spiro atoms. The number of sulfonamides is 1. The summed E-state index contributed by atoms with van der Waals surface area (Å²) in [5.74, 6) is -0.882. The van der Waals surface area contributed by atoms with Gasteiger partial charge in [0.2, 0.25) is 15.9 Å². The summed E-state index contributed by atoms with van der Waals surface area (Å²) in [4.78, 5) is 14.1. The van der Waals surface area contributed by atoms with Crippen LogP contribution in [0.1, 0.15) is 24.8 Å². The minimum atomic E-state index is -4.92. The van der Waals surface area contributed by atoms with Gasteiger partial charge in [-0.05, 0) is 30.9 Å². The van der Waals surface area contributed by atoms with Gasteiger partial charge in [-0.3, -0.25) is 4.79 Å². The van der Waals surface area contributed by atoms with Crippen molar-refractivity contribution in [1.82, 2.24) is 4.31 Å². The Morgan fingerprint density at radius 1 is 1.31 bits per heavy atom. The highest BCUT2D eigenvalue weighted by Crippen LogP contribution is 2.33. The van der Waals surface area contributed by atoms with Crippen LogP contribution in [0, 0.1) is 5.92 Å². The Bertz CT molecular complexity index is 957. The van der Waals surface area contributed by atoms with Gasteiger partial charge in [-0.1, -0.05) is 6.08 Å². The Kier molecular flexibility index (Phi) is 4.93. The van der Waals surface area contributed by atoms with E-state index in [1.54, 1.807) is 0 Å². The van der Waals surface area contributed by atoms with Crippen molar-refractivity contribution in [2.45, 2.75) is 30.3 Å². The fourth-order valence-corrected chi connectivity index (χ4v) is 5.08. The number of halogens is 3. The molecule has 2 heterocycles. The van der Waals surface area contributed by atoms with Crippen LogP contribution in [0.15, 0.2) is 22.0 Å². The summed E-state index contributed by atoms with van der Waals surface area (Å²) in [7, 11) is -4.41. The van der Waals surface area contributed by atoms with Crippen LogP contribution in [0.4, 0.5) is 13.2 Å². The van der Waals surface area contributed by atoms with Crippen LogP contribution in [-0.4, -0.2) is 43.4 Å². The summed E-state index contributed by atoms with van der Waals surface area (Å²) in [6, 6.07) is 1.98. The van der Waals surface area contributed by atoms with Crippen LogP contribution in [0.5, 0.6) is 0 Å². The number of amides is 1. The summed E-state index contributed by atoms with van der Waals surface area (Å²) in [6.45, 7) is -0.156. The van der Waals surface area contributed by atoms with Gasteiger partial charge < -0.3 is 5.11 Å². The lowest BCUT2D eigenvalue weighted by Gasteiger charge is -2.31. The molecule has 142 valence electrons. The summed E-state index contributed by atoms with van der Waals surface area (Å²) in [5, 5.41) is 8.70. The molecular weight excluding hydrogens is 373 g/mol. The molecule has 2 aliphatic rings. The molecule has 0 aromatic heterocycles. The topological polar surface area (TPSA) is 87.0 Å².